The Bertz CT molecular complexity index is 1380. The highest BCUT2D eigenvalue weighted by Gasteiger charge is 2.42. The predicted molar refractivity (Wildman–Crippen MR) is 122 cm³/mol. The largest absolute Gasteiger partial charge is 0.349 e. The van der Waals surface area contributed by atoms with Crippen molar-refractivity contribution in [1.82, 2.24) is 30.1 Å². The Kier molecular flexibility index (Phi) is 4.39. The summed E-state index contributed by atoms with van der Waals surface area (Å²) in [6.07, 6.45) is 0.778. The van der Waals surface area contributed by atoms with E-state index < -0.39 is 0 Å². The molecule has 4 aromatic rings. The van der Waals surface area contributed by atoms with E-state index in [0.29, 0.717) is 13.1 Å². The molecule has 2 aliphatic rings. The summed E-state index contributed by atoms with van der Waals surface area (Å²) < 4.78 is 2.19. The number of benzene rings is 2. The van der Waals surface area contributed by atoms with Gasteiger partial charge in [-0.15, -0.1) is 5.10 Å². The van der Waals surface area contributed by atoms with E-state index in [-0.39, 0.29) is 30.3 Å². The van der Waals surface area contributed by atoms with E-state index in [9.17, 15) is 9.59 Å². The van der Waals surface area contributed by atoms with Crippen molar-refractivity contribution in [2.75, 3.05) is 23.8 Å². The maximum atomic E-state index is 13.4. The van der Waals surface area contributed by atoms with Crippen LogP contribution >= 0.6 is 0 Å². The smallest absolute Gasteiger partial charge is 0.269 e. The number of carbonyl (C=O) groups is 2. The summed E-state index contributed by atoms with van der Waals surface area (Å²) in [6.45, 7) is 1.12. The van der Waals surface area contributed by atoms with E-state index in [1.165, 1.54) is 10.9 Å². The second-order valence-electron chi connectivity index (χ2n) is 8.32. The van der Waals surface area contributed by atoms with Crippen LogP contribution < -0.4 is 10.2 Å². The van der Waals surface area contributed by atoms with Gasteiger partial charge in [-0.1, -0.05) is 35.4 Å². The van der Waals surface area contributed by atoms with Crippen molar-refractivity contribution in [2.24, 2.45) is 0 Å². The lowest BCUT2D eigenvalue weighted by Gasteiger charge is -2.46. The lowest BCUT2D eigenvalue weighted by atomic mass is 9.96. The number of tetrazole rings is 1. The van der Waals surface area contributed by atoms with Crippen molar-refractivity contribution < 1.29 is 9.59 Å². The number of para-hydroxylation sites is 2. The average molecular weight is 442 g/mol. The first-order valence-electron chi connectivity index (χ1n) is 10.9. The van der Waals surface area contributed by atoms with Gasteiger partial charge in [-0.05, 0) is 35.4 Å². The third kappa shape index (κ3) is 2.98. The summed E-state index contributed by atoms with van der Waals surface area (Å²) in [5.41, 5.74) is 5.02. The van der Waals surface area contributed by atoms with Gasteiger partial charge in [0.2, 0.25) is 5.91 Å². The molecular weight excluding hydrogens is 420 g/mol. The molecule has 10 nitrogen and oxygen atoms in total. The van der Waals surface area contributed by atoms with Crippen LogP contribution in [0.5, 0.6) is 0 Å². The van der Waals surface area contributed by atoms with Crippen molar-refractivity contribution in [3.8, 4) is 0 Å². The summed E-state index contributed by atoms with van der Waals surface area (Å²) in [7, 11) is 2.03. The fourth-order valence-corrected chi connectivity index (χ4v) is 5.16. The zero-order chi connectivity index (χ0) is 22.5. The molecule has 4 heterocycles. The highest BCUT2D eigenvalue weighted by atomic mass is 16.2. The molecule has 1 unspecified atom stereocenters. The number of aryl methyl sites for hydroxylation is 1. The van der Waals surface area contributed by atoms with Crippen molar-refractivity contribution in [3.63, 3.8) is 0 Å². The van der Waals surface area contributed by atoms with E-state index in [0.717, 1.165) is 28.9 Å². The lowest BCUT2D eigenvalue weighted by Crippen LogP contribution is -2.51. The first-order chi connectivity index (χ1) is 16.1. The van der Waals surface area contributed by atoms with E-state index in [2.05, 4.69) is 47.5 Å². The molecule has 10 heteroatoms. The normalized spacial score (nSPS) is 17.0. The third-order valence-corrected chi connectivity index (χ3v) is 6.56. The Morgan fingerprint density at radius 3 is 2.85 bits per heavy atom. The SMILES string of the molecule is CN1c2ccccc2C(=O)N2CCc3c(n(CCC(=O)Nc4nn[nH]n4)c4ccccc34)C21. The topological polar surface area (TPSA) is 112 Å². The van der Waals surface area contributed by atoms with Crippen LogP contribution in [0, 0.1) is 0 Å². The molecule has 0 radical (unpaired) electrons. The molecule has 0 saturated carbocycles. The van der Waals surface area contributed by atoms with Crippen LogP contribution in [-0.2, 0) is 17.8 Å². The van der Waals surface area contributed by atoms with Crippen molar-refractivity contribution >= 4 is 34.4 Å². The van der Waals surface area contributed by atoms with Gasteiger partial charge in [-0.3, -0.25) is 14.9 Å². The third-order valence-electron chi connectivity index (χ3n) is 6.56. The molecule has 0 fully saturated rings. The molecule has 166 valence electrons. The van der Waals surface area contributed by atoms with Gasteiger partial charge in [-0.25, -0.2) is 0 Å². The average Bonchev–Trinajstić information content (AvgIpc) is 3.46. The first kappa shape index (κ1) is 19.5. The number of rotatable bonds is 4. The van der Waals surface area contributed by atoms with E-state index in [4.69, 9.17) is 0 Å². The molecule has 33 heavy (non-hydrogen) atoms. The van der Waals surface area contributed by atoms with Crippen molar-refractivity contribution in [1.29, 1.82) is 0 Å². The van der Waals surface area contributed by atoms with Crippen LogP contribution in [0.25, 0.3) is 10.9 Å². The zero-order valence-corrected chi connectivity index (χ0v) is 18.0. The molecule has 6 rings (SSSR count). The Morgan fingerprint density at radius 2 is 2.00 bits per heavy atom. The standard InChI is InChI=1S/C23H22N8O2/c1-29-17-8-4-3-7-16(17)22(33)31-12-10-15-14-6-2-5-9-18(14)30(20(15)21(29)31)13-11-19(32)24-23-25-27-28-26-23/h2-9,21H,10-13H2,1H3,(H2,24,25,26,27,28,32). The van der Waals surface area contributed by atoms with Gasteiger partial charge in [0.1, 0.15) is 6.17 Å². The number of H-pyrrole nitrogens is 1. The minimum atomic E-state index is -0.233. The monoisotopic (exact) mass is 442 g/mol. The van der Waals surface area contributed by atoms with Gasteiger partial charge < -0.3 is 14.4 Å². The Balaban J connectivity index is 1.42. The van der Waals surface area contributed by atoms with Crippen LogP contribution in [-0.4, -0.2) is 55.5 Å². The first-order valence-corrected chi connectivity index (χ1v) is 10.9. The van der Waals surface area contributed by atoms with Crippen LogP contribution in [0.3, 0.4) is 0 Å². The summed E-state index contributed by atoms with van der Waals surface area (Å²) >= 11 is 0. The fraction of sp³-hybridized carbons (Fsp3) is 0.261. The number of hydrogen-bond acceptors (Lipinski definition) is 6. The molecule has 2 aliphatic heterocycles. The van der Waals surface area contributed by atoms with E-state index in [1.54, 1.807) is 0 Å². The van der Waals surface area contributed by atoms with Gasteiger partial charge in [0.05, 0.1) is 16.9 Å². The Hall–Kier alpha value is -4.21. The second-order valence-corrected chi connectivity index (χ2v) is 8.32. The van der Waals surface area contributed by atoms with Gasteiger partial charge in [0.25, 0.3) is 11.9 Å². The number of amides is 2. The Morgan fingerprint density at radius 1 is 1.18 bits per heavy atom. The fourth-order valence-electron chi connectivity index (χ4n) is 5.16. The van der Waals surface area contributed by atoms with Crippen molar-refractivity contribution in [2.45, 2.75) is 25.6 Å². The number of carbonyl (C=O) groups excluding carboxylic acids is 2. The number of aromatic amines is 1. The van der Waals surface area contributed by atoms with Gasteiger partial charge in [-0.2, -0.15) is 5.21 Å². The highest BCUT2D eigenvalue weighted by Crippen LogP contribution is 2.44. The molecule has 2 aromatic carbocycles. The van der Waals surface area contributed by atoms with E-state index >= 15 is 0 Å². The predicted octanol–water partition coefficient (Wildman–Crippen LogP) is 2.33. The summed E-state index contributed by atoms with van der Waals surface area (Å²) in [6, 6.07) is 16.0. The molecule has 2 aromatic heterocycles. The maximum Gasteiger partial charge on any atom is 0.269 e. The minimum absolute atomic E-state index is 0.0472. The zero-order valence-electron chi connectivity index (χ0n) is 18.0. The molecule has 0 saturated heterocycles. The number of nitrogens with one attached hydrogen (secondary N) is 2. The van der Waals surface area contributed by atoms with Crippen LogP contribution in [0.4, 0.5) is 11.6 Å². The summed E-state index contributed by atoms with van der Waals surface area (Å²) in [5.74, 6) is -0.000177. The summed E-state index contributed by atoms with van der Waals surface area (Å²) in [5, 5.41) is 17.2. The molecule has 2 amide bonds. The molecular formula is C23H22N8O2. The lowest BCUT2D eigenvalue weighted by molar-refractivity contribution is -0.116. The molecule has 0 aliphatic carbocycles. The summed E-state index contributed by atoms with van der Waals surface area (Å²) in [4.78, 5) is 30.0. The Labute approximate surface area is 189 Å². The van der Waals surface area contributed by atoms with Crippen LogP contribution in [0.1, 0.15) is 34.2 Å². The van der Waals surface area contributed by atoms with Gasteiger partial charge in [0.15, 0.2) is 0 Å². The molecule has 0 spiro atoms. The molecule has 2 N–H and O–H groups in total. The number of anilines is 2. The molecule has 1 atom stereocenters. The van der Waals surface area contributed by atoms with Crippen LogP contribution in [0.2, 0.25) is 0 Å². The molecule has 0 bridgehead atoms. The van der Waals surface area contributed by atoms with Crippen LogP contribution in [0.15, 0.2) is 48.5 Å². The number of nitrogens with zero attached hydrogens (tertiary/aromatic N) is 6. The van der Waals surface area contributed by atoms with Gasteiger partial charge >= 0.3 is 0 Å². The minimum Gasteiger partial charge on any atom is -0.349 e. The van der Waals surface area contributed by atoms with E-state index in [1.807, 2.05) is 48.3 Å². The van der Waals surface area contributed by atoms with Crippen molar-refractivity contribution in [3.05, 3.63) is 65.4 Å². The number of fused-ring (bicyclic) bond motifs is 6. The second kappa shape index (κ2) is 7.44. The highest BCUT2D eigenvalue weighted by molar-refractivity contribution is 6.02. The number of aromatic nitrogens is 5. The number of hydrogen-bond donors (Lipinski definition) is 2. The maximum absolute atomic E-state index is 13.4. The quantitative estimate of drug-likeness (QED) is 0.502. The van der Waals surface area contributed by atoms with Gasteiger partial charge in [0, 0.05) is 37.5 Å².